The fourth-order valence-electron chi connectivity index (χ4n) is 3.14. The highest BCUT2D eigenvalue weighted by molar-refractivity contribution is 7.80. The average molecular weight is 389 g/mol. The third-order valence-electron chi connectivity index (χ3n) is 4.45. The lowest BCUT2D eigenvalue weighted by Crippen LogP contribution is -2.41. The Morgan fingerprint density at radius 2 is 2.15 bits per heavy atom. The normalized spacial score (nSPS) is 17.0. The van der Waals surface area contributed by atoms with Crippen molar-refractivity contribution in [1.82, 2.24) is 4.90 Å². The predicted molar refractivity (Wildman–Crippen MR) is 112 cm³/mol. The summed E-state index contributed by atoms with van der Waals surface area (Å²) in [5.41, 5.74) is 1.62. The number of thiophene rings is 1. The van der Waals surface area contributed by atoms with Gasteiger partial charge in [0.2, 0.25) is 0 Å². The van der Waals surface area contributed by atoms with Crippen molar-refractivity contribution in [2.45, 2.75) is 26.7 Å². The molecule has 2 heterocycles. The predicted octanol–water partition coefficient (Wildman–Crippen LogP) is 5.02. The smallest absolute Gasteiger partial charge is 0.341 e. The number of thiocarbonyl (C=S) groups is 1. The fraction of sp³-hybridized carbons (Fsp3) is 0.400. The second kappa shape index (κ2) is 8.64. The first-order valence-corrected chi connectivity index (χ1v) is 10.2. The second-order valence-corrected chi connectivity index (χ2v) is 8.00. The lowest BCUT2D eigenvalue weighted by atomic mass is 10.0. The molecule has 0 bridgehead atoms. The number of nitrogens with one attached hydrogen (secondary N) is 1. The Balaban J connectivity index is 1.85. The van der Waals surface area contributed by atoms with Crippen molar-refractivity contribution in [3.05, 3.63) is 42.0 Å². The van der Waals surface area contributed by atoms with Crippen LogP contribution in [0.5, 0.6) is 0 Å². The van der Waals surface area contributed by atoms with Crippen molar-refractivity contribution < 1.29 is 9.53 Å². The molecule has 4 nitrogen and oxygen atoms in total. The molecule has 1 aromatic heterocycles. The van der Waals surface area contributed by atoms with E-state index in [-0.39, 0.29) is 5.97 Å². The van der Waals surface area contributed by atoms with Gasteiger partial charge in [-0.15, -0.1) is 11.3 Å². The number of carbonyl (C=O) groups is 1. The molecule has 1 aliphatic heterocycles. The summed E-state index contributed by atoms with van der Waals surface area (Å²) in [7, 11) is 0. The maximum Gasteiger partial charge on any atom is 0.341 e. The lowest BCUT2D eigenvalue weighted by molar-refractivity contribution is 0.0528. The molecule has 0 aliphatic carbocycles. The first kappa shape index (κ1) is 18.9. The number of nitrogens with zero attached hydrogens (tertiary/aromatic N) is 1. The van der Waals surface area contributed by atoms with Crippen molar-refractivity contribution in [2.75, 3.05) is 25.0 Å². The molecular weight excluding hydrogens is 364 g/mol. The van der Waals surface area contributed by atoms with Crippen molar-refractivity contribution in [1.29, 1.82) is 0 Å². The molecule has 1 unspecified atom stereocenters. The van der Waals surface area contributed by atoms with Crippen LogP contribution in [0, 0.1) is 5.92 Å². The zero-order chi connectivity index (χ0) is 18.5. The molecule has 1 aliphatic rings. The number of hydrogen-bond acceptors (Lipinski definition) is 4. The zero-order valence-corrected chi connectivity index (χ0v) is 16.8. The summed E-state index contributed by atoms with van der Waals surface area (Å²) >= 11 is 7.15. The molecule has 0 spiro atoms. The maximum absolute atomic E-state index is 12.4. The highest BCUT2D eigenvalue weighted by Gasteiger charge is 2.22. The van der Waals surface area contributed by atoms with Crippen LogP contribution in [-0.4, -0.2) is 35.7 Å². The second-order valence-electron chi connectivity index (χ2n) is 6.56. The van der Waals surface area contributed by atoms with Gasteiger partial charge < -0.3 is 15.0 Å². The van der Waals surface area contributed by atoms with Crippen LogP contribution < -0.4 is 5.32 Å². The van der Waals surface area contributed by atoms with Crippen LogP contribution in [-0.2, 0) is 4.74 Å². The van der Waals surface area contributed by atoms with Crippen molar-refractivity contribution in [3.63, 3.8) is 0 Å². The third-order valence-corrected chi connectivity index (χ3v) is 5.91. The van der Waals surface area contributed by atoms with Crippen molar-refractivity contribution in [3.8, 4) is 10.4 Å². The average Bonchev–Trinajstić information content (AvgIpc) is 3.06. The molecule has 2 aromatic rings. The molecule has 1 saturated heterocycles. The van der Waals surface area contributed by atoms with Crippen LogP contribution in [0.2, 0.25) is 0 Å². The van der Waals surface area contributed by atoms with Crippen LogP contribution in [0.15, 0.2) is 36.4 Å². The summed E-state index contributed by atoms with van der Waals surface area (Å²) in [4.78, 5) is 15.6. The van der Waals surface area contributed by atoms with E-state index in [4.69, 9.17) is 17.0 Å². The monoisotopic (exact) mass is 388 g/mol. The summed E-state index contributed by atoms with van der Waals surface area (Å²) in [6.45, 7) is 6.33. The number of esters is 1. The Morgan fingerprint density at radius 1 is 1.38 bits per heavy atom. The van der Waals surface area contributed by atoms with E-state index < -0.39 is 0 Å². The summed E-state index contributed by atoms with van der Waals surface area (Å²) in [6.07, 6.45) is 2.39. The van der Waals surface area contributed by atoms with Gasteiger partial charge in [-0.2, -0.15) is 0 Å². The van der Waals surface area contributed by atoms with E-state index in [0.29, 0.717) is 23.2 Å². The Morgan fingerprint density at radius 3 is 2.85 bits per heavy atom. The molecule has 6 heteroatoms. The number of benzene rings is 1. The van der Waals surface area contributed by atoms with Crippen molar-refractivity contribution in [2.24, 2.45) is 5.92 Å². The van der Waals surface area contributed by atoms with Gasteiger partial charge in [0.05, 0.1) is 12.2 Å². The molecule has 26 heavy (non-hydrogen) atoms. The minimum absolute atomic E-state index is 0.316. The summed E-state index contributed by atoms with van der Waals surface area (Å²) < 4.78 is 5.23. The summed E-state index contributed by atoms with van der Waals surface area (Å²) in [5, 5.41) is 4.74. The van der Waals surface area contributed by atoms with Gasteiger partial charge in [-0.1, -0.05) is 37.3 Å². The van der Waals surface area contributed by atoms with Gasteiger partial charge in [0.1, 0.15) is 5.00 Å². The molecule has 0 radical (unpaired) electrons. The van der Waals surface area contributed by atoms with Crippen LogP contribution >= 0.6 is 23.6 Å². The number of carbonyl (C=O) groups excluding carboxylic acids is 1. The molecule has 0 amide bonds. The van der Waals surface area contributed by atoms with E-state index in [1.165, 1.54) is 17.8 Å². The number of rotatable bonds is 4. The van der Waals surface area contributed by atoms with Crippen LogP contribution in [0.25, 0.3) is 10.4 Å². The maximum atomic E-state index is 12.4. The van der Waals surface area contributed by atoms with Gasteiger partial charge in [0.25, 0.3) is 0 Å². The van der Waals surface area contributed by atoms with E-state index in [1.807, 2.05) is 43.3 Å². The highest BCUT2D eigenvalue weighted by Crippen LogP contribution is 2.36. The van der Waals surface area contributed by atoms with Crippen LogP contribution in [0.1, 0.15) is 37.0 Å². The van der Waals surface area contributed by atoms with Gasteiger partial charge >= 0.3 is 5.97 Å². The van der Waals surface area contributed by atoms with Gasteiger partial charge in [0, 0.05) is 18.0 Å². The molecule has 138 valence electrons. The fourth-order valence-corrected chi connectivity index (χ4v) is 4.52. The van der Waals surface area contributed by atoms with Crippen molar-refractivity contribution >= 4 is 39.6 Å². The molecule has 1 N–H and O–H groups in total. The Kier molecular flexibility index (Phi) is 6.27. The minimum atomic E-state index is -0.316. The number of hydrogen-bond donors (Lipinski definition) is 1. The van der Waals surface area contributed by atoms with E-state index >= 15 is 0 Å². The standard InChI is InChI=1S/C20H24N2O2S2/c1-3-24-19(23)16-12-17(15-9-5-4-6-10-15)26-18(16)21-20(25)22-11-7-8-14(2)13-22/h4-6,9-10,12,14H,3,7-8,11,13H2,1-2H3,(H,21,25). The van der Waals surface area contributed by atoms with Gasteiger partial charge in [-0.25, -0.2) is 4.79 Å². The molecular formula is C20H24N2O2S2. The first-order chi connectivity index (χ1) is 12.6. The Labute approximate surface area is 164 Å². The molecule has 1 atom stereocenters. The number of anilines is 1. The molecule has 1 aromatic carbocycles. The molecule has 1 fully saturated rings. The lowest BCUT2D eigenvalue weighted by Gasteiger charge is -2.32. The number of likely N-dealkylation sites (tertiary alicyclic amines) is 1. The van der Waals surface area contributed by atoms with E-state index in [0.717, 1.165) is 35.0 Å². The topological polar surface area (TPSA) is 41.6 Å². The largest absolute Gasteiger partial charge is 0.462 e. The van der Waals surface area contributed by atoms with E-state index in [9.17, 15) is 4.79 Å². The van der Waals surface area contributed by atoms with Gasteiger partial charge in [0.15, 0.2) is 5.11 Å². The Hall–Kier alpha value is -1.92. The summed E-state index contributed by atoms with van der Waals surface area (Å²) in [6, 6.07) is 11.9. The molecule has 3 rings (SSSR count). The third kappa shape index (κ3) is 4.43. The van der Waals surface area contributed by atoms with Gasteiger partial charge in [-0.05, 0) is 49.5 Å². The van der Waals surface area contributed by atoms with Crippen LogP contribution in [0.3, 0.4) is 0 Å². The number of piperidine rings is 1. The molecule has 0 saturated carbocycles. The SMILES string of the molecule is CCOC(=O)c1cc(-c2ccccc2)sc1NC(=S)N1CCCC(C)C1. The van der Waals surface area contributed by atoms with Gasteiger partial charge in [-0.3, -0.25) is 0 Å². The Bertz CT molecular complexity index is 773. The quantitative estimate of drug-likeness (QED) is 0.588. The number of ether oxygens (including phenoxy) is 1. The first-order valence-electron chi connectivity index (χ1n) is 9.00. The van der Waals surface area contributed by atoms with E-state index in [2.05, 4.69) is 17.1 Å². The van der Waals surface area contributed by atoms with Crippen LogP contribution in [0.4, 0.5) is 5.00 Å². The zero-order valence-electron chi connectivity index (χ0n) is 15.2. The van der Waals surface area contributed by atoms with E-state index in [1.54, 1.807) is 0 Å². The minimum Gasteiger partial charge on any atom is -0.462 e. The highest BCUT2D eigenvalue weighted by atomic mass is 32.1. The summed E-state index contributed by atoms with van der Waals surface area (Å²) in [5.74, 6) is 0.319.